The summed E-state index contributed by atoms with van der Waals surface area (Å²) in [4.78, 5) is 0. The minimum Gasteiger partial charge on any atom is -1.00 e. The molecule has 4 saturated carbocycles. The third-order valence-electron chi connectivity index (χ3n) is 4.79. The second-order valence-electron chi connectivity index (χ2n) is 5.85. The highest BCUT2D eigenvalue weighted by Crippen LogP contribution is 2.60. The van der Waals surface area contributed by atoms with Gasteiger partial charge in [-0.05, 0) is 56.3 Å². The smallest absolute Gasteiger partial charge is 0.462 e. The van der Waals surface area contributed by atoms with E-state index in [4.69, 9.17) is 0 Å². The Morgan fingerprint density at radius 2 is 1.62 bits per heavy atom. The number of hydrogen-bond acceptors (Lipinski definition) is 3. The van der Waals surface area contributed by atoms with E-state index in [0.29, 0.717) is 5.41 Å². The molecular formula is C11H15ClN2S2. The molecule has 4 bridgehead atoms. The predicted octanol–water partition coefficient (Wildman–Crippen LogP) is 0.352. The van der Waals surface area contributed by atoms with Crippen molar-refractivity contribution in [3.8, 4) is 0 Å². The van der Waals surface area contributed by atoms with Crippen molar-refractivity contribution in [2.24, 2.45) is 17.8 Å². The van der Waals surface area contributed by atoms with Gasteiger partial charge in [0.1, 0.15) is 0 Å². The molecular weight excluding hydrogens is 260 g/mol. The number of rotatable bonds is 1. The van der Waals surface area contributed by atoms with Crippen molar-refractivity contribution in [3.63, 3.8) is 0 Å². The van der Waals surface area contributed by atoms with Crippen LogP contribution in [0.1, 0.15) is 44.3 Å². The van der Waals surface area contributed by atoms with Gasteiger partial charge in [-0.1, -0.05) is 0 Å². The third kappa shape index (κ3) is 1.53. The molecule has 0 unspecified atom stereocenters. The molecule has 0 spiro atoms. The van der Waals surface area contributed by atoms with Crippen LogP contribution in [0.15, 0.2) is 0 Å². The number of halogens is 1. The molecule has 5 rings (SSSR count). The van der Waals surface area contributed by atoms with Gasteiger partial charge in [0.15, 0.2) is 0 Å². The van der Waals surface area contributed by atoms with Gasteiger partial charge in [0, 0.05) is 5.41 Å². The Kier molecular flexibility index (Phi) is 2.72. The summed E-state index contributed by atoms with van der Waals surface area (Å²) >= 11 is 0. The summed E-state index contributed by atoms with van der Waals surface area (Å²) in [5, 5.41) is 0. The third-order valence-corrected chi connectivity index (χ3v) is 6.00. The second-order valence-corrected chi connectivity index (χ2v) is 7.41. The Morgan fingerprint density at radius 3 is 2.06 bits per heavy atom. The monoisotopic (exact) mass is 274 g/mol. The van der Waals surface area contributed by atoms with Gasteiger partial charge < -0.3 is 12.4 Å². The maximum atomic E-state index is 4.56. The molecule has 0 aliphatic heterocycles. The standard InChI is InChI=1S/C11H15N2S2.ClH/c1-7-2-9-3-8(1)5-11(4-7,6-9)10-12-14-15-13-10;/h7-9H,1-6H2;1H/q+1;/p-1. The second kappa shape index (κ2) is 3.85. The highest BCUT2D eigenvalue weighted by molar-refractivity contribution is 7.64. The first kappa shape index (κ1) is 11.3. The molecule has 0 N–H and O–H groups in total. The van der Waals surface area contributed by atoms with Gasteiger partial charge in [0.05, 0.1) is 4.37 Å². The SMILES string of the molecule is C1C2CC3CC1CC(c1ns[s+]n1)(C2)C3.[Cl-]. The summed E-state index contributed by atoms with van der Waals surface area (Å²) in [6.45, 7) is 0. The lowest BCUT2D eigenvalue weighted by atomic mass is 9.49. The van der Waals surface area contributed by atoms with Crippen LogP contribution in [0.3, 0.4) is 0 Å². The normalized spacial score (nSPS) is 44.4. The zero-order valence-corrected chi connectivity index (χ0v) is 11.5. The first-order valence-electron chi connectivity index (χ1n) is 5.96. The summed E-state index contributed by atoms with van der Waals surface area (Å²) in [6, 6.07) is 0. The first-order chi connectivity index (χ1) is 7.34. The Labute approximate surface area is 110 Å². The fourth-order valence-corrected chi connectivity index (χ4v) is 6.05. The van der Waals surface area contributed by atoms with Crippen LogP contribution in [0.4, 0.5) is 0 Å². The van der Waals surface area contributed by atoms with Gasteiger partial charge in [-0.2, -0.15) is 0 Å². The van der Waals surface area contributed by atoms with Crippen LogP contribution in [-0.2, 0) is 5.41 Å². The maximum absolute atomic E-state index is 4.56. The van der Waals surface area contributed by atoms with E-state index in [1.165, 1.54) is 44.3 Å². The molecule has 5 heteroatoms. The summed E-state index contributed by atoms with van der Waals surface area (Å²) in [6.07, 6.45) is 8.69. The molecule has 1 heterocycles. The average molecular weight is 275 g/mol. The lowest BCUT2D eigenvalue weighted by Gasteiger charge is -2.55. The van der Waals surface area contributed by atoms with Gasteiger partial charge in [0.2, 0.25) is 5.82 Å². The van der Waals surface area contributed by atoms with Crippen LogP contribution in [0.2, 0.25) is 0 Å². The number of hydrogen-bond donors (Lipinski definition) is 0. The molecule has 0 aromatic carbocycles. The molecule has 4 aliphatic rings. The van der Waals surface area contributed by atoms with E-state index in [9.17, 15) is 0 Å². The lowest BCUT2D eigenvalue weighted by molar-refractivity contribution is -0.00863. The minimum absolute atomic E-state index is 0. The van der Waals surface area contributed by atoms with Crippen molar-refractivity contribution in [3.05, 3.63) is 5.82 Å². The Morgan fingerprint density at radius 1 is 1.06 bits per heavy atom. The van der Waals surface area contributed by atoms with E-state index in [-0.39, 0.29) is 12.4 Å². The summed E-state index contributed by atoms with van der Waals surface area (Å²) in [5.41, 5.74) is 0.422. The van der Waals surface area contributed by atoms with Crippen LogP contribution >= 0.6 is 21.1 Å². The van der Waals surface area contributed by atoms with Gasteiger partial charge in [0.25, 0.3) is 0 Å². The molecule has 0 atom stereocenters. The summed E-state index contributed by atoms with van der Waals surface area (Å²) < 4.78 is 9.11. The van der Waals surface area contributed by atoms with E-state index < -0.39 is 0 Å². The van der Waals surface area contributed by atoms with E-state index in [1.54, 1.807) is 21.1 Å². The van der Waals surface area contributed by atoms with E-state index in [0.717, 1.165) is 17.8 Å². The predicted molar refractivity (Wildman–Crippen MR) is 62.0 cm³/mol. The summed E-state index contributed by atoms with van der Waals surface area (Å²) in [7, 11) is 3.14. The van der Waals surface area contributed by atoms with E-state index in [2.05, 4.69) is 8.75 Å². The maximum Gasteiger partial charge on any atom is 0.462 e. The molecule has 1 aromatic rings. The molecule has 4 fully saturated rings. The zero-order valence-electron chi connectivity index (χ0n) is 9.06. The Bertz CT molecular complexity index is 344. The van der Waals surface area contributed by atoms with E-state index in [1.807, 2.05) is 0 Å². The largest absolute Gasteiger partial charge is 1.00 e. The van der Waals surface area contributed by atoms with Crippen LogP contribution in [-0.4, -0.2) is 8.75 Å². The Balaban J connectivity index is 0.000000810. The zero-order chi connectivity index (χ0) is 9.88. The lowest BCUT2D eigenvalue weighted by Crippen LogP contribution is -3.00. The van der Waals surface area contributed by atoms with Crippen LogP contribution in [0, 0.1) is 17.8 Å². The molecule has 0 radical (unpaired) electrons. The summed E-state index contributed by atoms with van der Waals surface area (Å²) in [5.74, 6) is 4.22. The molecule has 4 aliphatic carbocycles. The molecule has 16 heavy (non-hydrogen) atoms. The average Bonchev–Trinajstić information content (AvgIpc) is 2.67. The van der Waals surface area contributed by atoms with Crippen molar-refractivity contribution >= 4 is 21.1 Å². The number of aromatic nitrogens is 2. The van der Waals surface area contributed by atoms with Crippen molar-refractivity contribution in [2.75, 3.05) is 0 Å². The van der Waals surface area contributed by atoms with Crippen LogP contribution in [0.5, 0.6) is 0 Å². The van der Waals surface area contributed by atoms with Crippen molar-refractivity contribution in [1.29, 1.82) is 0 Å². The molecule has 2 nitrogen and oxygen atoms in total. The quantitative estimate of drug-likeness (QED) is 0.546. The van der Waals surface area contributed by atoms with Crippen LogP contribution < -0.4 is 12.4 Å². The highest BCUT2D eigenvalue weighted by atomic mass is 35.5. The van der Waals surface area contributed by atoms with Crippen LogP contribution in [0.25, 0.3) is 0 Å². The molecule has 0 amide bonds. The molecule has 1 aromatic heterocycles. The minimum atomic E-state index is 0. The fourth-order valence-electron chi connectivity index (χ4n) is 4.70. The van der Waals surface area contributed by atoms with Gasteiger partial charge in [-0.15, -0.1) is 4.37 Å². The molecule has 88 valence electrons. The van der Waals surface area contributed by atoms with E-state index >= 15 is 0 Å². The first-order valence-corrected chi connectivity index (χ1v) is 8.03. The van der Waals surface area contributed by atoms with Gasteiger partial charge in [-0.25, -0.2) is 0 Å². The van der Waals surface area contributed by atoms with Gasteiger partial charge in [-0.3, -0.25) is 0 Å². The van der Waals surface area contributed by atoms with Crippen molar-refractivity contribution in [2.45, 2.75) is 43.9 Å². The molecule has 0 saturated heterocycles. The topological polar surface area (TPSA) is 25.8 Å². The Hall–Kier alpha value is 0.200. The fraction of sp³-hybridized carbons (Fsp3) is 0.909. The van der Waals surface area contributed by atoms with Crippen molar-refractivity contribution in [1.82, 2.24) is 8.75 Å². The highest BCUT2D eigenvalue weighted by Gasteiger charge is 2.54. The van der Waals surface area contributed by atoms with Crippen molar-refractivity contribution < 1.29 is 12.4 Å². The van der Waals surface area contributed by atoms with Gasteiger partial charge >= 0.3 is 21.1 Å². The number of nitrogens with zero attached hydrogens (tertiary/aromatic N) is 2.